The van der Waals surface area contributed by atoms with E-state index in [-0.39, 0.29) is 0 Å². The Morgan fingerprint density at radius 3 is 1.97 bits per heavy atom. The molecular weight excluding hydrogens is 747 g/mol. The Labute approximate surface area is 348 Å². The van der Waals surface area contributed by atoms with Gasteiger partial charge in [-0.3, -0.25) is 4.57 Å². The summed E-state index contributed by atoms with van der Waals surface area (Å²) in [6, 6.07) is 67.9. The van der Waals surface area contributed by atoms with Crippen molar-refractivity contribution < 1.29 is 4.42 Å². The Hall–Kier alpha value is -8.53. The van der Waals surface area contributed by atoms with Gasteiger partial charge in [0.05, 0.1) is 33.7 Å². The van der Waals surface area contributed by atoms with Gasteiger partial charge in [0.1, 0.15) is 16.8 Å². The van der Waals surface area contributed by atoms with E-state index in [0.717, 1.165) is 76.9 Å². The number of aromatic nitrogens is 4. The summed E-state index contributed by atoms with van der Waals surface area (Å²) in [5.74, 6) is 0.568. The number of hydrogen-bond donors (Lipinski definition) is 0. The number of rotatable bonds is 4. The van der Waals surface area contributed by atoms with Crippen LogP contribution in [0.3, 0.4) is 0 Å². The van der Waals surface area contributed by atoms with Crippen LogP contribution in [0.2, 0.25) is 0 Å². The van der Waals surface area contributed by atoms with Crippen LogP contribution in [-0.4, -0.2) is 19.1 Å². The maximum Gasteiger partial charge on any atom is 0.236 e. The molecule has 0 spiro atoms. The highest BCUT2D eigenvalue weighted by Gasteiger charge is 2.24. The van der Waals surface area contributed by atoms with Crippen LogP contribution in [0.5, 0.6) is 0 Å². The second-order valence-corrected chi connectivity index (χ2v) is 15.7. The molecule has 0 amide bonds. The van der Waals surface area contributed by atoms with E-state index in [0.29, 0.717) is 28.4 Å². The zero-order chi connectivity index (χ0) is 40.2. The highest BCUT2D eigenvalue weighted by Crippen LogP contribution is 2.42. The van der Waals surface area contributed by atoms with Gasteiger partial charge in [0.25, 0.3) is 0 Å². The average molecular weight is 778 g/mol. The van der Waals surface area contributed by atoms with Crippen LogP contribution in [0.1, 0.15) is 5.56 Å². The molecule has 0 saturated carbocycles. The summed E-state index contributed by atoms with van der Waals surface area (Å²) in [6.45, 7) is 0. The first-order valence-corrected chi connectivity index (χ1v) is 20.4. The summed E-state index contributed by atoms with van der Waals surface area (Å²) in [5.41, 5.74) is 11.8. The fourth-order valence-electron chi connectivity index (χ4n) is 9.51. The predicted octanol–water partition coefficient (Wildman–Crippen LogP) is 14.1. The summed E-state index contributed by atoms with van der Waals surface area (Å²) in [7, 11) is 0. The van der Waals surface area contributed by atoms with E-state index in [2.05, 4.69) is 179 Å². The Kier molecular flexibility index (Phi) is 6.98. The Morgan fingerprint density at radius 2 is 1.13 bits per heavy atom. The second kappa shape index (κ2) is 12.7. The number of hydrogen-bond acceptors (Lipinski definition) is 4. The Balaban J connectivity index is 1.13. The molecule has 282 valence electrons. The van der Waals surface area contributed by atoms with E-state index in [1.165, 1.54) is 21.5 Å². The van der Waals surface area contributed by atoms with Crippen LogP contribution >= 0.6 is 0 Å². The summed E-state index contributed by atoms with van der Waals surface area (Å²) in [5, 5.41) is 19.6. The lowest BCUT2D eigenvalue weighted by atomic mass is 10.0. The van der Waals surface area contributed by atoms with Crippen LogP contribution in [0.4, 0.5) is 0 Å². The molecule has 6 nitrogen and oxygen atoms in total. The molecule has 13 rings (SSSR count). The Bertz CT molecular complexity index is 4000. The van der Waals surface area contributed by atoms with Gasteiger partial charge >= 0.3 is 0 Å². The molecule has 0 unspecified atom stereocenters. The topological polar surface area (TPSA) is 72.6 Å². The summed E-state index contributed by atoms with van der Waals surface area (Å²) in [4.78, 5) is 11.0. The van der Waals surface area contributed by atoms with Gasteiger partial charge in [0.2, 0.25) is 5.95 Å². The normalized spacial score (nSPS) is 11.9. The zero-order valence-electron chi connectivity index (χ0n) is 32.5. The molecule has 0 saturated heterocycles. The molecule has 9 aromatic carbocycles. The quantitative estimate of drug-likeness (QED) is 0.178. The molecule has 13 aromatic rings. The SMILES string of the molecule is N#Cc1ccc(-c2ccc3c(c2)oc2c(-c4ccc5c(c4)c4ccccc4n5-c4ccccc4)nc(-n4c5cc6ccccc6cc5c5c6ccccc6ccc54)nc23)cc1. The fraction of sp³-hybridized carbons (Fsp3) is 0. The molecular formula is C55H31N5O. The van der Waals surface area contributed by atoms with Crippen molar-refractivity contribution in [1.82, 2.24) is 19.1 Å². The van der Waals surface area contributed by atoms with Crippen molar-refractivity contribution >= 4 is 87.2 Å². The molecule has 0 aliphatic carbocycles. The third-order valence-electron chi connectivity index (χ3n) is 12.3. The molecule has 0 aliphatic heterocycles. The lowest BCUT2D eigenvalue weighted by Crippen LogP contribution is -2.03. The maximum atomic E-state index is 9.43. The van der Waals surface area contributed by atoms with Gasteiger partial charge < -0.3 is 8.98 Å². The minimum absolute atomic E-state index is 0.568. The van der Waals surface area contributed by atoms with E-state index in [4.69, 9.17) is 14.4 Å². The van der Waals surface area contributed by atoms with Crippen LogP contribution in [0.25, 0.3) is 121 Å². The van der Waals surface area contributed by atoms with Crippen molar-refractivity contribution in [2.75, 3.05) is 0 Å². The monoisotopic (exact) mass is 777 g/mol. The molecule has 4 aromatic heterocycles. The third-order valence-corrected chi connectivity index (χ3v) is 12.3. The van der Waals surface area contributed by atoms with Crippen molar-refractivity contribution in [2.24, 2.45) is 0 Å². The number of fused-ring (bicyclic) bond motifs is 12. The molecule has 0 N–H and O–H groups in total. The molecule has 0 aliphatic rings. The average Bonchev–Trinajstić information content (AvgIpc) is 3.97. The standard InChI is InChI=1S/C55H31N5O/c56-32-33-18-20-34(21-19-33)38-22-25-43-50(31-38)61-54-52(39-24-26-47-44(29-39)42-16-8-9-17-46(42)59(47)40-13-2-1-3-14-40)57-55(58-53(43)54)60-48-27-23-35-10-6-7-15-41(35)51(48)45-28-36-11-4-5-12-37(36)30-49(45)60/h1-31H. The lowest BCUT2D eigenvalue weighted by molar-refractivity contribution is 0.667. The minimum Gasteiger partial charge on any atom is -0.452 e. The summed E-state index contributed by atoms with van der Waals surface area (Å²) >= 11 is 0. The molecule has 0 radical (unpaired) electrons. The van der Waals surface area contributed by atoms with Gasteiger partial charge in [-0.05, 0) is 105 Å². The van der Waals surface area contributed by atoms with Crippen LogP contribution in [0.15, 0.2) is 192 Å². The first-order valence-electron chi connectivity index (χ1n) is 20.4. The Morgan fingerprint density at radius 1 is 0.443 bits per heavy atom. The van der Waals surface area contributed by atoms with Crippen LogP contribution in [0, 0.1) is 11.3 Å². The van der Waals surface area contributed by atoms with E-state index >= 15 is 0 Å². The first-order chi connectivity index (χ1) is 30.2. The molecule has 61 heavy (non-hydrogen) atoms. The van der Waals surface area contributed by atoms with Crippen molar-refractivity contribution in [3.05, 3.63) is 194 Å². The van der Waals surface area contributed by atoms with Crippen molar-refractivity contribution in [2.45, 2.75) is 0 Å². The summed E-state index contributed by atoms with van der Waals surface area (Å²) < 4.78 is 11.4. The van der Waals surface area contributed by atoms with E-state index in [9.17, 15) is 5.26 Å². The number of para-hydroxylation sites is 2. The zero-order valence-corrected chi connectivity index (χ0v) is 32.5. The van der Waals surface area contributed by atoms with Gasteiger partial charge in [-0.15, -0.1) is 0 Å². The van der Waals surface area contributed by atoms with Gasteiger partial charge in [-0.2, -0.15) is 5.26 Å². The van der Waals surface area contributed by atoms with Crippen LogP contribution < -0.4 is 0 Å². The highest BCUT2D eigenvalue weighted by molar-refractivity contribution is 6.23. The fourth-order valence-corrected chi connectivity index (χ4v) is 9.51. The van der Waals surface area contributed by atoms with Gasteiger partial charge in [-0.1, -0.05) is 115 Å². The van der Waals surface area contributed by atoms with Gasteiger partial charge in [0, 0.05) is 38.2 Å². The van der Waals surface area contributed by atoms with Crippen molar-refractivity contribution in [3.63, 3.8) is 0 Å². The van der Waals surface area contributed by atoms with Gasteiger partial charge in [0.15, 0.2) is 5.58 Å². The van der Waals surface area contributed by atoms with Gasteiger partial charge in [-0.25, -0.2) is 9.97 Å². The second-order valence-electron chi connectivity index (χ2n) is 15.7. The third kappa shape index (κ3) is 4.95. The van der Waals surface area contributed by atoms with E-state index < -0.39 is 0 Å². The minimum atomic E-state index is 0.568. The molecule has 4 heterocycles. The van der Waals surface area contributed by atoms with Crippen molar-refractivity contribution in [1.29, 1.82) is 5.26 Å². The van der Waals surface area contributed by atoms with E-state index in [1.54, 1.807) is 0 Å². The molecule has 6 heteroatoms. The maximum absolute atomic E-state index is 9.43. The predicted molar refractivity (Wildman–Crippen MR) is 249 cm³/mol. The van der Waals surface area contributed by atoms with E-state index in [1.807, 2.05) is 24.3 Å². The van der Waals surface area contributed by atoms with Crippen molar-refractivity contribution in [3.8, 4) is 40.1 Å². The number of nitrogens with zero attached hydrogens (tertiary/aromatic N) is 5. The molecule has 0 bridgehead atoms. The molecule has 0 atom stereocenters. The lowest BCUT2D eigenvalue weighted by Gasteiger charge is -2.11. The summed E-state index contributed by atoms with van der Waals surface area (Å²) in [6.07, 6.45) is 0. The highest BCUT2D eigenvalue weighted by atomic mass is 16.3. The number of benzene rings is 9. The number of nitriles is 1. The van der Waals surface area contributed by atoms with Crippen LogP contribution in [-0.2, 0) is 0 Å². The smallest absolute Gasteiger partial charge is 0.236 e. The largest absolute Gasteiger partial charge is 0.452 e. The first kappa shape index (κ1) is 33.4. The number of furan rings is 1. The molecule has 0 fully saturated rings.